The minimum absolute atomic E-state index is 0.257. The van der Waals surface area contributed by atoms with Crippen molar-refractivity contribution in [2.24, 2.45) is 0 Å². The zero-order valence-corrected chi connectivity index (χ0v) is 5.55. The predicted molar refractivity (Wildman–Crippen MR) is 30.0 cm³/mol. The average molecular weight is 168 g/mol. The molecule has 0 spiro atoms. The van der Waals surface area contributed by atoms with Crippen molar-refractivity contribution in [1.29, 1.82) is 0 Å². The van der Waals surface area contributed by atoms with E-state index in [1.54, 1.807) is 0 Å². The van der Waals surface area contributed by atoms with E-state index in [0.717, 1.165) is 0 Å². The third-order valence-electron chi connectivity index (χ3n) is 1.54. The molecule has 1 saturated heterocycles. The number of ether oxygens (including phenoxy) is 1. The van der Waals surface area contributed by atoms with Gasteiger partial charge in [0.05, 0.1) is 6.61 Å². The van der Waals surface area contributed by atoms with Crippen molar-refractivity contribution in [1.82, 2.24) is 0 Å². The number of halogens is 1. The van der Waals surface area contributed by atoms with Crippen molar-refractivity contribution in [3.05, 3.63) is 0 Å². The van der Waals surface area contributed by atoms with Crippen LogP contribution in [0.4, 0.5) is 4.53 Å². The van der Waals surface area contributed by atoms with Gasteiger partial charge in [-0.2, -0.15) is 4.94 Å². The lowest BCUT2D eigenvalue weighted by Crippen LogP contribution is -2.53. The van der Waals surface area contributed by atoms with Crippen molar-refractivity contribution in [2.45, 2.75) is 24.6 Å². The summed E-state index contributed by atoms with van der Waals surface area (Å²) in [4.78, 5) is 3.18. The van der Waals surface area contributed by atoms with Crippen LogP contribution in [0.25, 0.3) is 0 Å². The zero-order chi connectivity index (χ0) is 8.43. The molecule has 0 bridgehead atoms. The Kier molecular flexibility index (Phi) is 2.74. The van der Waals surface area contributed by atoms with Gasteiger partial charge < -0.3 is 20.1 Å². The normalized spacial score (nSPS) is 45.8. The Morgan fingerprint density at radius 3 is 2.45 bits per heavy atom. The fraction of sp³-hybridized carbons (Fsp3) is 1.00. The molecule has 4 atom stereocenters. The van der Waals surface area contributed by atoms with E-state index in [0.29, 0.717) is 0 Å². The van der Waals surface area contributed by atoms with Crippen molar-refractivity contribution in [3.8, 4) is 0 Å². The Balaban J connectivity index is 2.52. The van der Waals surface area contributed by atoms with E-state index in [1.165, 1.54) is 0 Å². The minimum Gasteiger partial charge on any atom is -0.388 e. The number of hydrogen-bond acceptors (Lipinski definition) is 5. The summed E-state index contributed by atoms with van der Waals surface area (Å²) < 4.78 is 15.9. The van der Waals surface area contributed by atoms with E-state index in [-0.39, 0.29) is 6.61 Å². The molecule has 66 valence electrons. The van der Waals surface area contributed by atoms with Crippen LogP contribution in [0.2, 0.25) is 0 Å². The predicted octanol–water partition coefficient (Wildman–Crippen LogP) is -1.67. The molecule has 0 radical (unpaired) electrons. The highest BCUT2D eigenvalue weighted by molar-refractivity contribution is 4.81. The molecule has 11 heavy (non-hydrogen) atoms. The monoisotopic (exact) mass is 168 g/mol. The fourth-order valence-corrected chi connectivity index (χ4v) is 0.858. The van der Waals surface area contributed by atoms with Crippen LogP contribution >= 0.6 is 0 Å². The molecule has 0 amide bonds. The Bertz CT molecular complexity index is 130. The molecule has 1 fully saturated rings. The molecule has 0 saturated carbocycles. The fourth-order valence-electron chi connectivity index (χ4n) is 0.858. The first-order valence-electron chi connectivity index (χ1n) is 3.10. The summed E-state index contributed by atoms with van der Waals surface area (Å²) in [6.45, 7) is -0.257. The van der Waals surface area contributed by atoms with Crippen LogP contribution in [0.15, 0.2) is 0 Å². The largest absolute Gasteiger partial charge is 0.388 e. The highest BCUT2D eigenvalue weighted by Crippen LogP contribution is 2.16. The van der Waals surface area contributed by atoms with E-state index in [1.807, 2.05) is 0 Å². The summed E-state index contributed by atoms with van der Waals surface area (Å²) >= 11 is 0. The number of aliphatic hydroxyl groups is 3. The van der Waals surface area contributed by atoms with Crippen LogP contribution in [0.3, 0.4) is 0 Å². The van der Waals surface area contributed by atoms with Crippen LogP contribution in [0.5, 0.6) is 0 Å². The molecular weight excluding hydrogens is 159 g/mol. The van der Waals surface area contributed by atoms with Gasteiger partial charge in [0.15, 0.2) is 0 Å². The average Bonchev–Trinajstić information content (AvgIpc) is 2.01. The van der Waals surface area contributed by atoms with E-state index in [2.05, 4.69) is 9.68 Å². The van der Waals surface area contributed by atoms with Crippen LogP contribution in [-0.4, -0.2) is 46.5 Å². The Hall–Kier alpha value is -0.270. The second kappa shape index (κ2) is 3.42. The standard InChI is InChI=1S/C5H9FO5/c6-11-5-4(9)3(8)2(7)1-10-5/h2-5,7-9H,1H2/t2-,3-,4+,5+/m1/s1. The van der Waals surface area contributed by atoms with Gasteiger partial charge in [-0.25, -0.2) is 0 Å². The van der Waals surface area contributed by atoms with Gasteiger partial charge in [0.1, 0.15) is 18.3 Å². The molecule has 1 rings (SSSR count). The van der Waals surface area contributed by atoms with Crippen molar-refractivity contribution in [2.75, 3.05) is 6.61 Å². The zero-order valence-electron chi connectivity index (χ0n) is 5.55. The van der Waals surface area contributed by atoms with Gasteiger partial charge >= 0.3 is 0 Å². The summed E-state index contributed by atoms with van der Waals surface area (Å²) in [7, 11) is 0. The van der Waals surface area contributed by atoms with Gasteiger partial charge in [-0.1, -0.05) is 0 Å². The molecule has 0 aromatic heterocycles. The molecular formula is C5H9FO5. The molecule has 5 nitrogen and oxygen atoms in total. The quantitative estimate of drug-likeness (QED) is 0.436. The van der Waals surface area contributed by atoms with Gasteiger partial charge in [-0.15, -0.1) is 0 Å². The van der Waals surface area contributed by atoms with Crippen molar-refractivity contribution < 1.29 is 29.5 Å². The molecule has 1 aliphatic rings. The number of hydrogen-bond donors (Lipinski definition) is 3. The third-order valence-corrected chi connectivity index (χ3v) is 1.54. The van der Waals surface area contributed by atoms with Crippen LogP contribution in [0.1, 0.15) is 0 Å². The maximum atomic E-state index is 11.5. The minimum atomic E-state index is -1.55. The highest BCUT2D eigenvalue weighted by atomic mass is 19.3. The molecule has 0 aromatic carbocycles. The van der Waals surface area contributed by atoms with Crippen LogP contribution in [-0.2, 0) is 9.68 Å². The Morgan fingerprint density at radius 1 is 1.27 bits per heavy atom. The lowest BCUT2D eigenvalue weighted by molar-refractivity contribution is -0.341. The van der Waals surface area contributed by atoms with Gasteiger partial charge in [0.25, 0.3) is 0 Å². The maximum absolute atomic E-state index is 11.5. The molecule has 0 aromatic rings. The van der Waals surface area contributed by atoms with Gasteiger partial charge in [0.2, 0.25) is 6.29 Å². The summed E-state index contributed by atoms with van der Waals surface area (Å²) in [6, 6.07) is 0. The van der Waals surface area contributed by atoms with E-state index in [9.17, 15) is 4.53 Å². The Morgan fingerprint density at radius 2 is 1.91 bits per heavy atom. The number of aliphatic hydroxyl groups excluding tert-OH is 3. The SMILES string of the molecule is O[C@@H]1[C@H](OF)OC[C@@H](O)[C@H]1O. The van der Waals surface area contributed by atoms with Crippen LogP contribution in [0, 0.1) is 0 Å². The summed E-state index contributed by atoms with van der Waals surface area (Å²) in [6.07, 6.45) is -5.68. The highest BCUT2D eigenvalue weighted by Gasteiger charge is 2.38. The van der Waals surface area contributed by atoms with Gasteiger partial charge in [0, 0.05) is 0 Å². The summed E-state index contributed by atoms with van der Waals surface area (Å²) in [5.41, 5.74) is 0. The van der Waals surface area contributed by atoms with E-state index in [4.69, 9.17) is 15.3 Å². The van der Waals surface area contributed by atoms with Crippen molar-refractivity contribution >= 4 is 0 Å². The smallest absolute Gasteiger partial charge is 0.225 e. The van der Waals surface area contributed by atoms with Crippen molar-refractivity contribution in [3.63, 3.8) is 0 Å². The first-order valence-corrected chi connectivity index (χ1v) is 3.10. The third kappa shape index (κ3) is 1.66. The van der Waals surface area contributed by atoms with Crippen LogP contribution < -0.4 is 0 Å². The molecule has 0 unspecified atom stereocenters. The molecule has 3 N–H and O–H groups in total. The first-order chi connectivity index (χ1) is 5.16. The number of rotatable bonds is 1. The summed E-state index contributed by atoms with van der Waals surface area (Å²) in [5.74, 6) is 0. The summed E-state index contributed by atoms with van der Waals surface area (Å²) in [5, 5.41) is 26.7. The first kappa shape index (κ1) is 8.82. The topological polar surface area (TPSA) is 79.2 Å². The van der Waals surface area contributed by atoms with E-state index >= 15 is 0 Å². The van der Waals surface area contributed by atoms with Gasteiger partial charge in [-0.3, -0.25) is 0 Å². The van der Waals surface area contributed by atoms with Gasteiger partial charge in [-0.05, 0) is 4.53 Å². The molecule has 1 aliphatic heterocycles. The second-order valence-corrected chi connectivity index (χ2v) is 2.34. The second-order valence-electron chi connectivity index (χ2n) is 2.34. The Labute approximate surface area is 61.9 Å². The molecule has 1 heterocycles. The van der Waals surface area contributed by atoms with E-state index < -0.39 is 24.6 Å². The molecule has 6 heteroatoms. The lowest BCUT2D eigenvalue weighted by atomic mass is 10.1. The molecule has 0 aliphatic carbocycles. The lowest BCUT2D eigenvalue weighted by Gasteiger charge is -2.32. The maximum Gasteiger partial charge on any atom is 0.225 e.